The highest BCUT2D eigenvalue weighted by molar-refractivity contribution is 5.58. The fraction of sp³-hybridized carbons (Fsp3) is 0.647. The second kappa shape index (κ2) is 20.6. The molecule has 3 aromatic carbocycles. The first kappa shape index (κ1) is 46.4. The first-order chi connectivity index (χ1) is 30.3. The molecule has 0 unspecified atom stereocenters. The van der Waals surface area contributed by atoms with Crippen molar-refractivity contribution in [3.8, 4) is 11.5 Å². The molecule has 5 heterocycles. The van der Waals surface area contributed by atoms with E-state index in [0.717, 1.165) is 186 Å². The van der Waals surface area contributed by atoms with E-state index in [1.807, 2.05) is 0 Å². The van der Waals surface area contributed by atoms with Crippen molar-refractivity contribution in [2.75, 3.05) is 166 Å². The number of nitrogens with zero attached hydrogens (tertiary/aromatic N) is 10. The van der Waals surface area contributed by atoms with Gasteiger partial charge in [-0.05, 0) is 101 Å². The predicted molar refractivity (Wildman–Crippen MR) is 257 cm³/mol. The van der Waals surface area contributed by atoms with Crippen LogP contribution in [-0.2, 0) is 38.1 Å². The van der Waals surface area contributed by atoms with Crippen LogP contribution in [0.1, 0.15) is 57.0 Å². The van der Waals surface area contributed by atoms with Crippen molar-refractivity contribution in [3.63, 3.8) is 0 Å². The highest BCUT2D eigenvalue weighted by atomic mass is 16.3. The molecule has 2 N–H and O–H groups in total. The van der Waals surface area contributed by atoms with Crippen LogP contribution in [0.15, 0.2) is 42.5 Å². The molecule has 0 spiro atoms. The van der Waals surface area contributed by atoms with E-state index in [2.05, 4.69) is 141 Å². The molecule has 346 valence electrons. The minimum absolute atomic E-state index is 0.414. The Balaban J connectivity index is 1.28. The second-order valence-electron chi connectivity index (χ2n) is 20.5. The van der Waals surface area contributed by atoms with Gasteiger partial charge in [-0.1, -0.05) is 24.3 Å². The lowest BCUT2D eigenvalue weighted by Crippen LogP contribution is -2.44. The number of benzene rings is 3. The molecule has 3 aromatic rings. The van der Waals surface area contributed by atoms with Crippen LogP contribution in [0.3, 0.4) is 0 Å². The second-order valence-corrected chi connectivity index (χ2v) is 20.5. The molecule has 0 aliphatic carbocycles. The Hall–Kier alpha value is -3.14. The van der Waals surface area contributed by atoms with Crippen LogP contribution < -0.4 is 0 Å². The molecule has 8 rings (SSSR count). The average Bonchev–Trinajstić information content (AvgIpc) is 3.27. The maximum atomic E-state index is 12.4. The Morgan fingerprint density at radius 3 is 0.968 bits per heavy atom. The van der Waals surface area contributed by atoms with Crippen molar-refractivity contribution in [1.29, 1.82) is 0 Å². The van der Waals surface area contributed by atoms with Gasteiger partial charge in [-0.15, -0.1) is 0 Å². The Bertz CT molecular complexity index is 1890. The van der Waals surface area contributed by atoms with E-state index in [4.69, 9.17) is 0 Å². The molecule has 0 saturated carbocycles. The van der Waals surface area contributed by atoms with E-state index in [-0.39, 0.29) is 0 Å². The summed E-state index contributed by atoms with van der Waals surface area (Å²) in [5, 5.41) is 24.2. The van der Waals surface area contributed by atoms with E-state index >= 15 is 0 Å². The van der Waals surface area contributed by atoms with Gasteiger partial charge < -0.3 is 34.7 Å². The van der Waals surface area contributed by atoms with E-state index < -0.39 is 5.41 Å². The number of rotatable bonds is 13. The van der Waals surface area contributed by atoms with Crippen LogP contribution in [0.2, 0.25) is 0 Å². The third-order valence-electron chi connectivity index (χ3n) is 15.4. The molecule has 0 radical (unpaired) electrons. The molecular formula is C51H80N10O2. The number of aryl methyl sites for hydroxylation is 1. The quantitative estimate of drug-likeness (QED) is 0.248. The Labute approximate surface area is 380 Å². The summed E-state index contributed by atoms with van der Waals surface area (Å²) in [6.07, 6.45) is 0. The third-order valence-corrected chi connectivity index (χ3v) is 15.4. The van der Waals surface area contributed by atoms with Crippen LogP contribution in [0.5, 0.6) is 11.5 Å². The summed E-state index contributed by atoms with van der Waals surface area (Å²) in [4.78, 5) is 24.9. The lowest BCUT2D eigenvalue weighted by molar-refractivity contribution is 0.144. The average molecular weight is 865 g/mol. The number of phenolic OH excluding ortho intramolecular Hbond substituents is 2. The summed E-state index contributed by atoms with van der Waals surface area (Å²) < 4.78 is 0. The van der Waals surface area contributed by atoms with Gasteiger partial charge in [-0.2, -0.15) is 0 Å². The molecular weight excluding hydrogens is 785 g/mol. The summed E-state index contributed by atoms with van der Waals surface area (Å²) in [6.45, 7) is 29.3. The van der Waals surface area contributed by atoms with E-state index in [9.17, 15) is 10.2 Å². The summed E-state index contributed by atoms with van der Waals surface area (Å²) in [7, 11) is 11.1. The van der Waals surface area contributed by atoms with Crippen molar-refractivity contribution in [1.82, 2.24) is 49.0 Å². The maximum absolute atomic E-state index is 12.4. The summed E-state index contributed by atoms with van der Waals surface area (Å²) in [5.41, 5.74) is 9.81. The normalized spacial score (nSPS) is 23.1. The largest absolute Gasteiger partial charge is 0.507 e. The van der Waals surface area contributed by atoms with Gasteiger partial charge in [-0.3, -0.25) is 24.5 Å². The van der Waals surface area contributed by atoms with Gasteiger partial charge in [0.05, 0.1) is 0 Å². The van der Waals surface area contributed by atoms with Gasteiger partial charge >= 0.3 is 0 Å². The Kier molecular flexibility index (Phi) is 15.2. The number of hydrogen-bond donors (Lipinski definition) is 2. The van der Waals surface area contributed by atoms with Crippen LogP contribution in [-0.4, -0.2) is 225 Å². The zero-order chi connectivity index (χ0) is 44.3. The number of piperazine rings is 5. The number of hydrogen-bond acceptors (Lipinski definition) is 12. The molecule has 5 aliphatic heterocycles. The third kappa shape index (κ3) is 11.5. The molecule has 5 aliphatic rings. The monoisotopic (exact) mass is 865 g/mol. The van der Waals surface area contributed by atoms with Gasteiger partial charge in [0, 0.05) is 186 Å². The lowest BCUT2D eigenvalue weighted by atomic mass is 9.69. The smallest absolute Gasteiger partial charge is 0.124 e. The first-order valence-electron chi connectivity index (χ1n) is 24.1. The van der Waals surface area contributed by atoms with Crippen molar-refractivity contribution in [2.45, 2.75) is 52.0 Å². The fourth-order valence-electron chi connectivity index (χ4n) is 10.6. The van der Waals surface area contributed by atoms with Crippen molar-refractivity contribution in [2.24, 2.45) is 0 Å². The van der Waals surface area contributed by atoms with Gasteiger partial charge in [-0.25, -0.2) is 0 Å². The number of phenols is 2. The highest BCUT2D eigenvalue weighted by Gasteiger charge is 2.36. The molecule has 63 heavy (non-hydrogen) atoms. The summed E-state index contributed by atoms with van der Waals surface area (Å²) >= 11 is 0. The molecule has 0 aromatic heterocycles. The lowest BCUT2D eigenvalue weighted by Gasteiger charge is -2.38. The highest BCUT2D eigenvalue weighted by Crippen LogP contribution is 2.45. The zero-order valence-electron chi connectivity index (χ0n) is 40.1. The number of aromatic hydroxyl groups is 2. The fourth-order valence-corrected chi connectivity index (χ4v) is 10.6. The number of likely N-dealkylation sites (N-methyl/N-ethyl adjacent to an activating group) is 5. The van der Waals surface area contributed by atoms with Gasteiger partial charge in [0.25, 0.3) is 0 Å². The molecule has 5 fully saturated rings. The van der Waals surface area contributed by atoms with Crippen molar-refractivity contribution < 1.29 is 10.2 Å². The zero-order valence-corrected chi connectivity index (χ0v) is 40.1. The minimum Gasteiger partial charge on any atom is -0.507 e. The van der Waals surface area contributed by atoms with E-state index in [1.54, 1.807) is 0 Å². The van der Waals surface area contributed by atoms with Crippen LogP contribution >= 0.6 is 0 Å². The Morgan fingerprint density at radius 1 is 0.365 bits per heavy atom. The topological polar surface area (TPSA) is 72.9 Å². The van der Waals surface area contributed by atoms with Gasteiger partial charge in [0.15, 0.2) is 0 Å². The minimum atomic E-state index is -0.592. The van der Waals surface area contributed by atoms with Crippen LogP contribution in [0.4, 0.5) is 0 Å². The SMILES string of the molecule is Cc1cc([C@@](C)(c2cc(CN3CCN(C)CC3)cc(CN3CCN(C)CC3)c2)c2cc(CN3CCN(C)CC3)c(O)c(CN3CCN(C)CC3)c2)cc(CN2CCN(C)CC2)c1O. The standard InChI is InChI=1S/C51H80N10O2/c1-40-28-46(32-43(49(40)62)37-59-22-12-54(5)13-23-59)51(2,47-30-41(35-57-18-8-52(3)9-19-57)29-42(31-47)36-58-20-10-53(4)11-21-58)48-33-44(38-60-24-14-55(6)15-25-60)50(63)45(34-48)39-61-26-16-56(7)17-27-61/h28-34,62-63H,8-27,35-39H2,1-7H3/t51-/m0/s1. The Morgan fingerprint density at radius 2 is 0.635 bits per heavy atom. The van der Waals surface area contributed by atoms with E-state index in [1.165, 1.54) is 27.8 Å². The molecule has 0 amide bonds. The van der Waals surface area contributed by atoms with Crippen molar-refractivity contribution >= 4 is 0 Å². The predicted octanol–water partition coefficient (Wildman–Crippen LogP) is 3.50. The molecule has 12 nitrogen and oxygen atoms in total. The molecule has 1 atom stereocenters. The summed E-state index contributed by atoms with van der Waals surface area (Å²) in [5.74, 6) is 0.869. The van der Waals surface area contributed by atoms with Gasteiger partial charge in [0.2, 0.25) is 0 Å². The van der Waals surface area contributed by atoms with Crippen LogP contribution in [0.25, 0.3) is 0 Å². The molecule has 12 heteroatoms. The first-order valence-corrected chi connectivity index (χ1v) is 24.1. The van der Waals surface area contributed by atoms with Crippen LogP contribution in [0, 0.1) is 6.92 Å². The maximum Gasteiger partial charge on any atom is 0.124 e. The van der Waals surface area contributed by atoms with Crippen molar-refractivity contribution in [3.05, 3.63) is 92.5 Å². The van der Waals surface area contributed by atoms with E-state index in [0.29, 0.717) is 11.5 Å². The molecule has 0 bridgehead atoms. The summed E-state index contributed by atoms with van der Waals surface area (Å²) in [6, 6.07) is 16.8. The van der Waals surface area contributed by atoms with Gasteiger partial charge in [0.1, 0.15) is 11.5 Å². The molecule has 5 saturated heterocycles.